The maximum atomic E-state index is 13.0. The molecule has 31 heavy (non-hydrogen) atoms. The van der Waals surface area contributed by atoms with Gasteiger partial charge < -0.3 is 15.2 Å². The minimum atomic E-state index is -0.102. The molecule has 4 rings (SSSR count). The van der Waals surface area contributed by atoms with Crippen molar-refractivity contribution in [1.82, 2.24) is 9.97 Å². The first kappa shape index (κ1) is 21.4. The minimum absolute atomic E-state index is 0.0643. The van der Waals surface area contributed by atoms with E-state index in [4.69, 9.17) is 4.98 Å². The van der Waals surface area contributed by atoms with Crippen molar-refractivity contribution in [3.63, 3.8) is 0 Å². The van der Waals surface area contributed by atoms with Gasteiger partial charge in [0, 0.05) is 25.6 Å². The highest BCUT2D eigenvalue weighted by Crippen LogP contribution is 2.35. The molecule has 164 valence electrons. The van der Waals surface area contributed by atoms with Gasteiger partial charge in [-0.15, -0.1) is 0 Å². The van der Waals surface area contributed by atoms with Crippen LogP contribution in [-0.2, 0) is 5.41 Å². The Morgan fingerprint density at radius 1 is 1.06 bits per heavy atom. The normalized spacial score (nSPS) is 15.3. The van der Waals surface area contributed by atoms with Crippen LogP contribution in [0.5, 0.6) is 0 Å². The number of amides is 1. The van der Waals surface area contributed by atoms with Crippen molar-refractivity contribution in [3.8, 4) is 0 Å². The highest BCUT2D eigenvalue weighted by molar-refractivity contribution is 6.07. The third-order valence-electron chi connectivity index (χ3n) is 6.35. The fourth-order valence-corrected chi connectivity index (χ4v) is 4.42. The summed E-state index contributed by atoms with van der Waals surface area (Å²) in [6, 6.07) is 12.0. The number of nitrogens with one attached hydrogen (secondary N) is 2. The van der Waals surface area contributed by atoms with Gasteiger partial charge in [-0.3, -0.25) is 4.79 Å². The number of anilines is 2. The van der Waals surface area contributed by atoms with Crippen LogP contribution >= 0.6 is 0 Å². The highest BCUT2D eigenvalue weighted by atomic mass is 16.1. The van der Waals surface area contributed by atoms with Gasteiger partial charge in [0.2, 0.25) is 0 Å². The van der Waals surface area contributed by atoms with E-state index in [0.29, 0.717) is 11.5 Å². The molecule has 0 atom stereocenters. The molecule has 0 bridgehead atoms. The molecule has 1 aromatic heterocycles. The first-order valence-electron chi connectivity index (χ1n) is 11.4. The van der Waals surface area contributed by atoms with Gasteiger partial charge in [-0.25, -0.2) is 4.98 Å². The zero-order valence-corrected chi connectivity index (χ0v) is 19.4. The van der Waals surface area contributed by atoms with Crippen LogP contribution in [-0.4, -0.2) is 30.0 Å². The summed E-state index contributed by atoms with van der Waals surface area (Å²) in [6.45, 7) is 6.52. The Bertz CT molecular complexity index is 1070. The number of aromatic nitrogens is 2. The molecule has 3 aromatic rings. The molecular weight excluding hydrogens is 384 g/mol. The second-order valence-electron chi connectivity index (χ2n) is 10.0. The van der Waals surface area contributed by atoms with Crippen molar-refractivity contribution in [2.45, 2.75) is 64.2 Å². The molecule has 1 aliphatic carbocycles. The number of imidazole rings is 1. The quantitative estimate of drug-likeness (QED) is 0.528. The van der Waals surface area contributed by atoms with Crippen molar-refractivity contribution in [2.24, 2.45) is 0 Å². The molecule has 1 amide bonds. The van der Waals surface area contributed by atoms with E-state index in [1.807, 2.05) is 49.3 Å². The molecule has 0 saturated heterocycles. The molecule has 1 aliphatic rings. The molecular formula is C26H34N4O. The molecule has 5 heteroatoms. The SMILES string of the molecule is CN(C)c1cc2nc(C3CCCCC3)[nH]c2cc1NC(=O)c1ccc(C(C)(C)C)cc1. The number of hydrogen-bond donors (Lipinski definition) is 2. The maximum absolute atomic E-state index is 13.0. The van der Waals surface area contributed by atoms with E-state index in [0.717, 1.165) is 28.2 Å². The number of fused-ring (bicyclic) bond motifs is 1. The summed E-state index contributed by atoms with van der Waals surface area (Å²) in [5.41, 5.74) is 5.61. The lowest BCUT2D eigenvalue weighted by Gasteiger charge is -2.20. The Morgan fingerprint density at radius 2 is 1.74 bits per heavy atom. The largest absolute Gasteiger partial charge is 0.376 e. The molecule has 0 unspecified atom stereocenters. The Labute approximate surface area is 185 Å². The number of hydrogen-bond acceptors (Lipinski definition) is 3. The number of aromatic amines is 1. The van der Waals surface area contributed by atoms with E-state index in [9.17, 15) is 4.79 Å². The predicted molar refractivity (Wildman–Crippen MR) is 129 cm³/mol. The van der Waals surface area contributed by atoms with Crippen LogP contribution < -0.4 is 10.2 Å². The van der Waals surface area contributed by atoms with Gasteiger partial charge in [0.05, 0.1) is 22.4 Å². The summed E-state index contributed by atoms with van der Waals surface area (Å²) in [4.78, 5) is 23.4. The van der Waals surface area contributed by atoms with Crippen molar-refractivity contribution in [1.29, 1.82) is 0 Å². The highest BCUT2D eigenvalue weighted by Gasteiger charge is 2.21. The number of carbonyl (C=O) groups excluding carboxylic acids is 1. The summed E-state index contributed by atoms with van der Waals surface area (Å²) in [6.07, 6.45) is 6.29. The number of carbonyl (C=O) groups is 1. The lowest BCUT2D eigenvalue weighted by Crippen LogP contribution is -2.17. The first-order valence-corrected chi connectivity index (χ1v) is 11.4. The molecule has 1 fully saturated rings. The van der Waals surface area contributed by atoms with Crippen LogP contribution in [0.4, 0.5) is 11.4 Å². The fourth-order valence-electron chi connectivity index (χ4n) is 4.42. The second-order valence-corrected chi connectivity index (χ2v) is 10.0. The third kappa shape index (κ3) is 4.60. The maximum Gasteiger partial charge on any atom is 0.255 e. The van der Waals surface area contributed by atoms with Gasteiger partial charge in [-0.05, 0) is 48.1 Å². The van der Waals surface area contributed by atoms with Gasteiger partial charge in [0.1, 0.15) is 5.82 Å². The fraction of sp³-hybridized carbons (Fsp3) is 0.462. The molecule has 5 nitrogen and oxygen atoms in total. The zero-order chi connectivity index (χ0) is 22.2. The molecule has 0 aliphatic heterocycles. The molecule has 0 spiro atoms. The van der Waals surface area contributed by atoms with Gasteiger partial charge >= 0.3 is 0 Å². The van der Waals surface area contributed by atoms with E-state index >= 15 is 0 Å². The van der Waals surface area contributed by atoms with E-state index in [2.05, 4.69) is 37.1 Å². The minimum Gasteiger partial charge on any atom is -0.376 e. The summed E-state index contributed by atoms with van der Waals surface area (Å²) in [5, 5.41) is 3.12. The van der Waals surface area contributed by atoms with Crippen LogP contribution in [0.2, 0.25) is 0 Å². The van der Waals surface area contributed by atoms with E-state index < -0.39 is 0 Å². The molecule has 1 saturated carbocycles. The summed E-state index contributed by atoms with van der Waals surface area (Å²) in [7, 11) is 3.98. The topological polar surface area (TPSA) is 61.0 Å². The number of benzene rings is 2. The Balaban J connectivity index is 1.62. The lowest BCUT2D eigenvalue weighted by molar-refractivity contribution is 0.102. The second kappa shape index (κ2) is 8.37. The predicted octanol–water partition coefficient (Wildman–Crippen LogP) is 6.23. The molecule has 2 aromatic carbocycles. The standard InChI is InChI=1S/C26H34N4O/c1-26(2,3)19-13-11-18(12-14-19)25(31)29-22-15-20-21(16-23(22)30(4)5)28-24(27-20)17-9-7-6-8-10-17/h11-17H,6-10H2,1-5H3,(H,27,28)(H,29,31). The summed E-state index contributed by atoms with van der Waals surface area (Å²) < 4.78 is 0. The van der Waals surface area contributed by atoms with Gasteiger partial charge in [-0.1, -0.05) is 52.2 Å². The van der Waals surface area contributed by atoms with Crippen LogP contribution in [0.25, 0.3) is 11.0 Å². The summed E-state index contributed by atoms with van der Waals surface area (Å²) >= 11 is 0. The van der Waals surface area contributed by atoms with E-state index in [1.54, 1.807) is 0 Å². The van der Waals surface area contributed by atoms with Gasteiger partial charge in [0.15, 0.2) is 0 Å². The Morgan fingerprint density at radius 3 is 2.35 bits per heavy atom. The molecule has 2 N–H and O–H groups in total. The van der Waals surface area contributed by atoms with Crippen molar-refractivity contribution in [3.05, 3.63) is 53.3 Å². The first-order chi connectivity index (χ1) is 14.7. The number of H-pyrrole nitrogens is 1. The number of rotatable bonds is 4. The number of nitrogens with zero attached hydrogens (tertiary/aromatic N) is 2. The van der Waals surface area contributed by atoms with E-state index in [-0.39, 0.29) is 11.3 Å². The zero-order valence-electron chi connectivity index (χ0n) is 19.4. The van der Waals surface area contributed by atoms with Gasteiger partial charge in [0.25, 0.3) is 5.91 Å². The smallest absolute Gasteiger partial charge is 0.255 e. The molecule has 1 heterocycles. The Kier molecular flexibility index (Phi) is 5.78. The van der Waals surface area contributed by atoms with Crippen LogP contribution in [0.3, 0.4) is 0 Å². The average molecular weight is 419 g/mol. The van der Waals surface area contributed by atoms with Crippen LogP contribution in [0, 0.1) is 0 Å². The van der Waals surface area contributed by atoms with Crippen LogP contribution in [0.15, 0.2) is 36.4 Å². The third-order valence-corrected chi connectivity index (χ3v) is 6.35. The lowest BCUT2D eigenvalue weighted by atomic mass is 9.87. The van der Waals surface area contributed by atoms with Crippen molar-refractivity contribution >= 4 is 28.3 Å². The van der Waals surface area contributed by atoms with Crippen LogP contribution in [0.1, 0.15) is 80.5 Å². The Hall–Kier alpha value is -2.82. The average Bonchev–Trinajstić information content (AvgIpc) is 3.16. The van der Waals surface area contributed by atoms with Crippen molar-refractivity contribution in [2.75, 3.05) is 24.3 Å². The van der Waals surface area contributed by atoms with Gasteiger partial charge in [-0.2, -0.15) is 0 Å². The monoisotopic (exact) mass is 418 g/mol. The molecule has 0 radical (unpaired) electrons. The summed E-state index contributed by atoms with van der Waals surface area (Å²) in [5.74, 6) is 1.50. The van der Waals surface area contributed by atoms with Crippen molar-refractivity contribution < 1.29 is 4.79 Å². The van der Waals surface area contributed by atoms with E-state index in [1.165, 1.54) is 37.7 Å².